The molecular weight excluding hydrogens is 216 g/mol. The van der Waals surface area contributed by atoms with Gasteiger partial charge in [0, 0.05) is 6.54 Å². The Labute approximate surface area is 105 Å². The van der Waals surface area contributed by atoms with Crippen molar-refractivity contribution in [1.82, 2.24) is 5.32 Å². The van der Waals surface area contributed by atoms with Gasteiger partial charge in [-0.1, -0.05) is 13.8 Å². The van der Waals surface area contributed by atoms with E-state index < -0.39 is 0 Å². The highest BCUT2D eigenvalue weighted by Gasteiger charge is 2.19. The van der Waals surface area contributed by atoms with Crippen LogP contribution in [0.25, 0.3) is 0 Å². The lowest BCUT2D eigenvalue weighted by Crippen LogP contribution is -2.38. The zero-order valence-electron chi connectivity index (χ0n) is 11.9. The van der Waals surface area contributed by atoms with Gasteiger partial charge in [-0.25, -0.2) is 0 Å². The second-order valence-corrected chi connectivity index (χ2v) is 6.23. The van der Waals surface area contributed by atoms with Gasteiger partial charge < -0.3 is 15.8 Å². The first-order valence-corrected chi connectivity index (χ1v) is 6.27. The summed E-state index contributed by atoms with van der Waals surface area (Å²) >= 11 is 0. The van der Waals surface area contributed by atoms with Crippen molar-refractivity contribution in [1.29, 1.82) is 0 Å². The second-order valence-electron chi connectivity index (χ2n) is 6.23. The van der Waals surface area contributed by atoms with Gasteiger partial charge in [0.2, 0.25) is 5.91 Å². The Balaban J connectivity index is 3.83. The van der Waals surface area contributed by atoms with Crippen molar-refractivity contribution in [3.63, 3.8) is 0 Å². The van der Waals surface area contributed by atoms with Gasteiger partial charge in [-0.3, -0.25) is 4.79 Å². The van der Waals surface area contributed by atoms with Gasteiger partial charge in [0.05, 0.1) is 5.60 Å². The molecule has 0 rings (SSSR count). The minimum atomic E-state index is -0.271. The molecule has 0 aromatic rings. The van der Waals surface area contributed by atoms with Gasteiger partial charge in [-0.2, -0.15) is 0 Å². The van der Waals surface area contributed by atoms with Gasteiger partial charge >= 0.3 is 0 Å². The third kappa shape index (κ3) is 10.3. The molecule has 0 aliphatic rings. The van der Waals surface area contributed by atoms with Crippen molar-refractivity contribution in [2.45, 2.75) is 53.1 Å². The number of carbonyl (C=O) groups is 1. The summed E-state index contributed by atoms with van der Waals surface area (Å²) in [6, 6.07) is 0. The number of rotatable bonds is 7. The van der Waals surface area contributed by atoms with Gasteiger partial charge in [0.1, 0.15) is 6.61 Å². The number of carbonyl (C=O) groups excluding carboxylic acids is 1. The maximum absolute atomic E-state index is 11.5. The Bertz CT molecular complexity index is 232. The highest BCUT2D eigenvalue weighted by Crippen LogP contribution is 2.20. The Kier molecular flexibility index (Phi) is 6.72. The van der Waals surface area contributed by atoms with Gasteiger partial charge in [-0.15, -0.1) is 0 Å². The molecule has 0 unspecified atom stereocenters. The molecule has 0 bridgehead atoms. The summed E-state index contributed by atoms with van der Waals surface area (Å²) < 4.78 is 5.41. The molecule has 0 saturated heterocycles. The molecule has 0 radical (unpaired) electrons. The van der Waals surface area contributed by atoms with E-state index in [-0.39, 0.29) is 23.5 Å². The van der Waals surface area contributed by atoms with Crippen molar-refractivity contribution >= 4 is 5.91 Å². The van der Waals surface area contributed by atoms with Gasteiger partial charge in [-0.05, 0) is 45.6 Å². The molecule has 4 heteroatoms. The van der Waals surface area contributed by atoms with Crippen LogP contribution in [0, 0.1) is 5.41 Å². The molecule has 0 fully saturated rings. The maximum atomic E-state index is 11.5. The van der Waals surface area contributed by atoms with Crippen LogP contribution in [0.15, 0.2) is 0 Å². The van der Waals surface area contributed by atoms with Crippen molar-refractivity contribution in [3.05, 3.63) is 0 Å². The van der Waals surface area contributed by atoms with E-state index >= 15 is 0 Å². The molecule has 0 atom stereocenters. The largest absolute Gasteiger partial charge is 0.366 e. The van der Waals surface area contributed by atoms with Crippen LogP contribution in [-0.2, 0) is 9.53 Å². The molecule has 0 aliphatic carbocycles. The summed E-state index contributed by atoms with van der Waals surface area (Å²) in [7, 11) is 0. The summed E-state index contributed by atoms with van der Waals surface area (Å²) in [5.74, 6) is -0.0549. The fourth-order valence-electron chi connectivity index (χ4n) is 1.34. The van der Waals surface area contributed by atoms with Crippen LogP contribution in [0.2, 0.25) is 0 Å². The summed E-state index contributed by atoms with van der Waals surface area (Å²) in [6.07, 6.45) is 2.01. The van der Waals surface area contributed by atoms with Gasteiger partial charge in [0.15, 0.2) is 0 Å². The number of amides is 1. The van der Waals surface area contributed by atoms with Crippen LogP contribution >= 0.6 is 0 Å². The van der Waals surface area contributed by atoms with Crippen LogP contribution in [-0.4, -0.2) is 31.2 Å². The zero-order valence-corrected chi connectivity index (χ0v) is 11.9. The number of hydrogen-bond donors (Lipinski definition) is 2. The summed E-state index contributed by atoms with van der Waals surface area (Å²) in [5.41, 5.74) is 5.30. The number of ether oxygens (including phenoxy) is 1. The van der Waals surface area contributed by atoms with Crippen LogP contribution < -0.4 is 11.1 Å². The molecule has 0 aliphatic heterocycles. The monoisotopic (exact) mass is 244 g/mol. The van der Waals surface area contributed by atoms with E-state index in [1.54, 1.807) is 0 Å². The second kappa shape index (κ2) is 6.97. The quantitative estimate of drug-likeness (QED) is 0.716. The van der Waals surface area contributed by atoms with E-state index in [0.717, 1.165) is 12.8 Å². The summed E-state index contributed by atoms with van der Waals surface area (Å²) in [6.45, 7) is 11.6. The fraction of sp³-hybridized carbons (Fsp3) is 0.923. The van der Waals surface area contributed by atoms with E-state index in [1.807, 2.05) is 20.8 Å². The van der Waals surface area contributed by atoms with Crippen molar-refractivity contribution in [2.24, 2.45) is 11.1 Å². The number of nitrogens with two attached hydrogens (primary N) is 1. The molecule has 0 aromatic heterocycles. The van der Waals surface area contributed by atoms with Crippen LogP contribution in [0.4, 0.5) is 0 Å². The number of hydrogen-bond acceptors (Lipinski definition) is 3. The highest BCUT2D eigenvalue weighted by molar-refractivity contribution is 5.77. The third-order valence-corrected chi connectivity index (χ3v) is 2.46. The molecule has 3 N–H and O–H groups in total. The van der Waals surface area contributed by atoms with Crippen molar-refractivity contribution < 1.29 is 9.53 Å². The lowest BCUT2D eigenvalue weighted by atomic mass is 9.88. The Morgan fingerprint density at radius 2 is 1.82 bits per heavy atom. The molecule has 0 spiro atoms. The van der Waals surface area contributed by atoms with Gasteiger partial charge in [0.25, 0.3) is 0 Å². The Morgan fingerprint density at radius 3 is 2.29 bits per heavy atom. The summed E-state index contributed by atoms with van der Waals surface area (Å²) in [5, 5.41) is 2.90. The molecular formula is C13H28N2O2. The Morgan fingerprint density at radius 1 is 1.24 bits per heavy atom. The normalized spacial score (nSPS) is 12.6. The zero-order chi connectivity index (χ0) is 13.5. The predicted octanol–water partition coefficient (Wildman–Crippen LogP) is 1.68. The minimum Gasteiger partial charge on any atom is -0.366 e. The average molecular weight is 244 g/mol. The van der Waals surface area contributed by atoms with Crippen LogP contribution in [0.3, 0.4) is 0 Å². The smallest absolute Gasteiger partial charge is 0.246 e. The molecule has 0 heterocycles. The maximum Gasteiger partial charge on any atom is 0.246 e. The lowest BCUT2D eigenvalue weighted by Gasteiger charge is -2.25. The van der Waals surface area contributed by atoms with Crippen molar-refractivity contribution in [2.75, 3.05) is 19.7 Å². The minimum absolute atomic E-state index is 0.0549. The van der Waals surface area contributed by atoms with E-state index in [4.69, 9.17) is 10.5 Å². The van der Waals surface area contributed by atoms with Crippen LogP contribution in [0.1, 0.15) is 47.5 Å². The highest BCUT2D eigenvalue weighted by atomic mass is 16.5. The molecule has 1 amide bonds. The topological polar surface area (TPSA) is 64.3 Å². The number of nitrogens with one attached hydrogen (secondary N) is 1. The molecule has 0 saturated carbocycles. The SMILES string of the molecule is CC(C)(CCCN)CNC(=O)COC(C)(C)C. The van der Waals surface area contributed by atoms with E-state index in [0.29, 0.717) is 13.1 Å². The predicted molar refractivity (Wildman–Crippen MR) is 70.8 cm³/mol. The first kappa shape index (κ1) is 16.4. The standard InChI is InChI=1S/C13H28N2O2/c1-12(2,3)17-9-11(16)15-10-13(4,5)7-6-8-14/h6-10,14H2,1-5H3,(H,15,16). The third-order valence-electron chi connectivity index (χ3n) is 2.46. The van der Waals surface area contributed by atoms with Crippen molar-refractivity contribution in [3.8, 4) is 0 Å². The summed E-state index contributed by atoms with van der Waals surface area (Å²) in [4.78, 5) is 11.5. The average Bonchev–Trinajstić information content (AvgIpc) is 2.20. The lowest BCUT2D eigenvalue weighted by molar-refractivity contribution is -0.131. The molecule has 0 aromatic carbocycles. The molecule has 4 nitrogen and oxygen atoms in total. The van der Waals surface area contributed by atoms with E-state index in [1.165, 1.54) is 0 Å². The van der Waals surface area contributed by atoms with E-state index in [2.05, 4.69) is 19.2 Å². The fourth-order valence-corrected chi connectivity index (χ4v) is 1.34. The first-order chi connectivity index (χ1) is 7.66. The first-order valence-electron chi connectivity index (χ1n) is 6.27. The van der Waals surface area contributed by atoms with Crippen LogP contribution in [0.5, 0.6) is 0 Å². The molecule has 17 heavy (non-hydrogen) atoms. The Hall–Kier alpha value is -0.610. The molecule has 102 valence electrons. The van der Waals surface area contributed by atoms with E-state index in [9.17, 15) is 4.79 Å².